The lowest BCUT2D eigenvalue weighted by Crippen LogP contribution is -2.40. The second-order valence-corrected chi connectivity index (χ2v) is 5.72. The number of carboxylic acid groups (broad SMARTS) is 1. The predicted octanol–water partition coefficient (Wildman–Crippen LogP) is 2.62. The summed E-state index contributed by atoms with van der Waals surface area (Å²) in [4.78, 5) is 14.8. The highest BCUT2D eigenvalue weighted by molar-refractivity contribution is 8.00. The highest BCUT2D eigenvalue weighted by atomic mass is 32.2. The Labute approximate surface area is 109 Å². The Balaban J connectivity index is 2.11. The number of rotatable bonds is 5. The largest absolute Gasteiger partial charge is 0.478 e. The van der Waals surface area contributed by atoms with Crippen molar-refractivity contribution in [1.29, 1.82) is 0 Å². The monoisotopic (exact) mass is 270 g/mol. The van der Waals surface area contributed by atoms with Crippen LogP contribution >= 0.6 is 11.8 Å². The van der Waals surface area contributed by atoms with Crippen molar-refractivity contribution in [3.8, 4) is 0 Å². The lowest BCUT2D eigenvalue weighted by atomic mass is 9.84. The first-order chi connectivity index (χ1) is 8.56. The second kappa shape index (κ2) is 5.14. The van der Waals surface area contributed by atoms with Gasteiger partial charge >= 0.3 is 5.97 Å². The van der Waals surface area contributed by atoms with Gasteiger partial charge in [0.1, 0.15) is 17.2 Å². The quantitative estimate of drug-likeness (QED) is 0.861. The van der Waals surface area contributed by atoms with E-state index in [1.54, 1.807) is 11.8 Å². The lowest BCUT2D eigenvalue weighted by molar-refractivity contribution is 0.0697. The van der Waals surface area contributed by atoms with E-state index in [0.29, 0.717) is 6.54 Å². The fourth-order valence-corrected chi connectivity index (χ4v) is 2.93. The highest BCUT2D eigenvalue weighted by Crippen LogP contribution is 2.42. The fraction of sp³-hybridized carbons (Fsp3) is 0.500. The number of carboxylic acids is 1. The van der Waals surface area contributed by atoms with Gasteiger partial charge in [-0.2, -0.15) is 11.8 Å². The minimum absolute atomic E-state index is 0.120. The third-order valence-electron chi connectivity index (χ3n) is 3.36. The van der Waals surface area contributed by atoms with Gasteiger partial charge in [0.2, 0.25) is 0 Å². The molecule has 2 rings (SSSR count). The molecule has 0 aliphatic heterocycles. The predicted molar refractivity (Wildman–Crippen MR) is 69.7 cm³/mol. The van der Waals surface area contributed by atoms with E-state index in [2.05, 4.69) is 16.6 Å². The van der Waals surface area contributed by atoms with Gasteiger partial charge in [-0.3, -0.25) is 0 Å². The van der Waals surface area contributed by atoms with E-state index >= 15 is 0 Å². The zero-order valence-electron chi connectivity index (χ0n) is 10.1. The number of hydrogen-bond donors (Lipinski definition) is 2. The van der Waals surface area contributed by atoms with Crippen molar-refractivity contribution in [2.75, 3.05) is 18.1 Å². The summed E-state index contributed by atoms with van der Waals surface area (Å²) in [6.45, 7) is 0.660. The van der Waals surface area contributed by atoms with E-state index in [1.165, 1.54) is 6.42 Å². The van der Waals surface area contributed by atoms with Crippen molar-refractivity contribution in [2.24, 2.45) is 0 Å². The Bertz CT molecular complexity index is 458. The van der Waals surface area contributed by atoms with Crippen LogP contribution in [0.5, 0.6) is 0 Å². The minimum Gasteiger partial charge on any atom is -0.478 e. The smallest absolute Gasteiger partial charge is 0.339 e. The summed E-state index contributed by atoms with van der Waals surface area (Å²) in [6.07, 6.45) is 6.51. The number of hydrogen-bond acceptors (Lipinski definition) is 4. The van der Waals surface area contributed by atoms with Gasteiger partial charge in [-0.1, -0.05) is 6.42 Å². The van der Waals surface area contributed by atoms with Gasteiger partial charge in [-0.15, -0.1) is 0 Å². The highest BCUT2D eigenvalue weighted by Gasteiger charge is 2.36. The number of anilines is 1. The van der Waals surface area contributed by atoms with Gasteiger partial charge < -0.3 is 10.4 Å². The van der Waals surface area contributed by atoms with E-state index in [-0.39, 0.29) is 16.1 Å². The molecule has 0 saturated heterocycles. The molecule has 0 amide bonds. The maximum atomic E-state index is 13.0. The SMILES string of the molecule is CSC1(CNc2ncc(F)cc2C(=O)O)CCC1. The van der Waals surface area contributed by atoms with Gasteiger partial charge in [0, 0.05) is 11.3 Å². The summed E-state index contributed by atoms with van der Waals surface area (Å²) in [6, 6.07) is 0.990. The molecule has 0 atom stereocenters. The van der Waals surface area contributed by atoms with Crippen molar-refractivity contribution in [2.45, 2.75) is 24.0 Å². The zero-order chi connectivity index (χ0) is 13.2. The number of thioether (sulfide) groups is 1. The summed E-state index contributed by atoms with van der Waals surface area (Å²) >= 11 is 1.78. The molecule has 18 heavy (non-hydrogen) atoms. The summed E-state index contributed by atoms with van der Waals surface area (Å²) in [5, 5.41) is 12.0. The van der Waals surface area contributed by atoms with Crippen LogP contribution < -0.4 is 5.32 Å². The summed E-state index contributed by atoms with van der Waals surface area (Å²) in [5.74, 6) is -1.57. The number of aromatic nitrogens is 1. The average Bonchev–Trinajstić information content (AvgIpc) is 2.29. The van der Waals surface area contributed by atoms with Gasteiger partial charge in [0.05, 0.1) is 6.20 Å². The summed E-state index contributed by atoms with van der Waals surface area (Å²) in [5.41, 5.74) is -0.120. The number of halogens is 1. The molecule has 1 fully saturated rings. The van der Waals surface area contributed by atoms with E-state index < -0.39 is 11.8 Å². The molecule has 1 heterocycles. The fourth-order valence-electron chi connectivity index (χ4n) is 2.01. The molecule has 1 aliphatic rings. The minimum atomic E-state index is -1.17. The maximum absolute atomic E-state index is 13.0. The number of aromatic carboxylic acids is 1. The van der Waals surface area contributed by atoms with Crippen molar-refractivity contribution >= 4 is 23.5 Å². The molecule has 98 valence electrons. The summed E-state index contributed by atoms with van der Waals surface area (Å²) in [7, 11) is 0. The molecular weight excluding hydrogens is 255 g/mol. The van der Waals surface area contributed by atoms with Crippen LogP contribution in [0, 0.1) is 5.82 Å². The molecule has 0 radical (unpaired) electrons. The first-order valence-corrected chi connectivity index (χ1v) is 6.97. The Hall–Kier alpha value is -1.30. The van der Waals surface area contributed by atoms with Gasteiger partial charge in [0.25, 0.3) is 0 Å². The van der Waals surface area contributed by atoms with Crippen LogP contribution in [0.2, 0.25) is 0 Å². The Kier molecular flexibility index (Phi) is 3.75. The lowest BCUT2D eigenvalue weighted by Gasteiger charge is -2.40. The normalized spacial score (nSPS) is 17.0. The number of pyridine rings is 1. The van der Waals surface area contributed by atoms with E-state index in [1.807, 2.05) is 0 Å². The number of carbonyl (C=O) groups is 1. The number of nitrogens with one attached hydrogen (secondary N) is 1. The van der Waals surface area contributed by atoms with Gasteiger partial charge in [-0.05, 0) is 25.2 Å². The summed E-state index contributed by atoms with van der Waals surface area (Å²) < 4.78 is 13.1. The Morgan fingerprint density at radius 3 is 2.89 bits per heavy atom. The van der Waals surface area contributed by atoms with Gasteiger partial charge in [0.15, 0.2) is 0 Å². The molecule has 1 aromatic heterocycles. The topological polar surface area (TPSA) is 62.2 Å². The first kappa shape index (κ1) is 13.1. The van der Waals surface area contributed by atoms with Crippen LogP contribution in [0.15, 0.2) is 12.3 Å². The molecule has 2 N–H and O–H groups in total. The van der Waals surface area contributed by atoms with Crippen molar-refractivity contribution in [1.82, 2.24) is 4.98 Å². The number of nitrogens with zero attached hydrogens (tertiary/aromatic N) is 1. The molecule has 0 unspecified atom stereocenters. The average molecular weight is 270 g/mol. The molecule has 0 spiro atoms. The van der Waals surface area contributed by atoms with Crippen LogP contribution in [-0.2, 0) is 0 Å². The van der Waals surface area contributed by atoms with Crippen LogP contribution in [0.4, 0.5) is 10.2 Å². The van der Waals surface area contributed by atoms with Crippen molar-refractivity contribution in [3.05, 3.63) is 23.6 Å². The Morgan fingerprint density at radius 2 is 2.39 bits per heavy atom. The van der Waals surface area contributed by atoms with Crippen LogP contribution in [0.3, 0.4) is 0 Å². The first-order valence-electron chi connectivity index (χ1n) is 5.74. The second-order valence-electron chi connectivity index (χ2n) is 4.45. The van der Waals surface area contributed by atoms with Gasteiger partial charge in [-0.25, -0.2) is 14.2 Å². The molecule has 6 heteroatoms. The molecule has 0 aromatic carbocycles. The Morgan fingerprint density at radius 1 is 1.67 bits per heavy atom. The van der Waals surface area contributed by atoms with E-state index in [9.17, 15) is 9.18 Å². The van der Waals surface area contributed by atoms with E-state index in [0.717, 1.165) is 25.1 Å². The van der Waals surface area contributed by atoms with Crippen molar-refractivity contribution < 1.29 is 14.3 Å². The molecule has 4 nitrogen and oxygen atoms in total. The third kappa shape index (κ3) is 2.58. The zero-order valence-corrected chi connectivity index (χ0v) is 10.9. The third-order valence-corrected chi connectivity index (χ3v) is 4.78. The molecule has 0 bridgehead atoms. The maximum Gasteiger partial charge on any atom is 0.339 e. The molecule has 1 aliphatic carbocycles. The van der Waals surface area contributed by atoms with E-state index in [4.69, 9.17) is 5.11 Å². The molecular formula is C12H15FN2O2S. The van der Waals surface area contributed by atoms with Crippen LogP contribution in [0.1, 0.15) is 29.6 Å². The van der Waals surface area contributed by atoms with Crippen molar-refractivity contribution in [3.63, 3.8) is 0 Å². The van der Waals surface area contributed by atoms with Crippen LogP contribution in [-0.4, -0.2) is 33.6 Å². The van der Waals surface area contributed by atoms with Crippen LogP contribution in [0.25, 0.3) is 0 Å². The molecule has 1 saturated carbocycles. The standard InChI is InChI=1S/C12H15FN2O2S/c1-18-12(3-2-4-12)7-15-10-9(11(16)17)5-8(13)6-14-10/h5-6H,2-4,7H2,1H3,(H,14,15)(H,16,17). The molecule has 1 aromatic rings.